The molecule has 0 spiro atoms. The van der Waals surface area contributed by atoms with Gasteiger partial charge >= 0.3 is 0 Å². The van der Waals surface area contributed by atoms with E-state index in [0.29, 0.717) is 18.6 Å². The van der Waals surface area contributed by atoms with E-state index in [-0.39, 0.29) is 30.0 Å². The quantitative estimate of drug-likeness (QED) is 0.898. The molecule has 0 unspecified atom stereocenters. The molecule has 26 heavy (non-hydrogen) atoms. The zero-order chi connectivity index (χ0) is 18.1. The molecule has 0 radical (unpaired) electrons. The second-order valence-electron chi connectivity index (χ2n) is 7.28. The maximum Gasteiger partial charge on any atom is 0.240 e. The normalized spacial score (nSPS) is 23.6. The molecule has 2 fully saturated rings. The van der Waals surface area contributed by atoms with Gasteiger partial charge in [0.1, 0.15) is 6.54 Å². The van der Waals surface area contributed by atoms with Gasteiger partial charge in [0.15, 0.2) is 5.43 Å². The number of nitrogens with one attached hydrogen (secondary N) is 1. The number of ether oxygens (including phenoxy) is 1. The number of aromatic nitrogens is 1. The third-order valence-corrected chi connectivity index (χ3v) is 5.53. The largest absolute Gasteiger partial charge is 0.378 e. The molecule has 2 atom stereocenters. The van der Waals surface area contributed by atoms with Crippen LogP contribution in [0.3, 0.4) is 0 Å². The van der Waals surface area contributed by atoms with E-state index < -0.39 is 0 Å². The molecule has 1 aromatic heterocycles. The molecule has 2 saturated heterocycles. The molecule has 0 aliphatic carbocycles. The number of fused-ring (bicyclic) bond motifs is 1. The van der Waals surface area contributed by atoms with Crippen LogP contribution in [0, 0.1) is 6.92 Å². The number of para-hydroxylation sites is 1. The van der Waals surface area contributed by atoms with Gasteiger partial charge in [0.25, 0.3) is 0 Å². The second-order valence-corrected chi connectivity index (χ2v) is 7.28. The van der Waals surface area contributed by atoms with E-state index in [1.807, 2.05) is 29.7 Å². The molecule has 2 aliphatic heterocycles. The number of carbonyl (C=O) groups excluding carboxylic acids is 1. The SMILES string of the molecule is Cc1cc(=O)c2ccccc2n1CC(=O)N[C@H]1COC[C@@H]1N1CCCC1. The van der Waals surface area contributed by atoms with Gasteiger partial charge in [-0.1, -0.05) is 12.1 Å². The zero-order valence-electron chi connectivity index (χ0n) is 15.1. The molecule has 1 aromatic carbocycles. The Morgan fingerprint density at radius 1 is 1.23 bits per heavy atom. The van der Waals surface area contributed by atoms with Gasteiger partial charge in [-0.05, 0) is 45.0 Å². The number of nitrogens with zero attached hydrogens (tertiary/aromatic N) is 2. The van der Waals surface area contributed by atoms with Crippen LogP contribution >= 0.6 is 0 Å². The van der Waals surface area contributed by atoms with Crippen molar-refractivity contribution in [2.24, 2.45) is 0 Å². The van der Waals surface area contributed by atoms with Crippen LogP contribution in [0.25, 0.3) is 10.9 Å². The topological polar surface area (TPSA) is 63.6 Å². The van der Waals surface area contributed by atoms with Crippen LogP contribution in [0.4, 0.5) is 0 Å². The number of carbonyl (C=O) groups is 1. The monoisotopic (exact) mass is 355 g/mol. The van der Waals surface area contributed by atoms with E-state index >= 15 is 0 Å². The highest BCUT2D eigenvalue weighted by Crippen LogP contribution is 2.19. The molecular formula is C20H25N3O3. The van der Waals surface area contributed by atoms with Gasteiger partial charge in [0.2, 0.25) is 5.91 Å². The number of hydrogen-bond donors (Lipinski definition) is 1. The van der Waals surface area contributed by atoms with Crippen molar-refractivity contribution >= 4 is 16.8 Å². The van der Waals surface area contributed by atoms with E-state index in [2.05, 4.69) is 10.2 Å². The number of benzene rings is 1. The van der Waals surface area contributed by atoms with Crippen molar-refractivity contribution in [2.45, 2.75) is 38.4 Å². The number of aryl methyl sites for hydroxylation is 1. The Labute approximate surface area is 152 Å². The minimum atomic E-state index is -0.0402. The summed E-state index contributed by atoms with van der Waals surface area (Å²) in [6, 6.07) is 9.34. The predicted octanol–water partition coefficient (Wildman–Crippen LogP) is 1.29. The third-order valence-electron chi connectivity index (χ3n) is 5.53. The van der Waals surface area contributed by atoms with Crippen LogP contribution in [-0.4, -0.2) is 53.8 Å². The van der Waals surface area contributed by atoms with Crippen molar-refractivity contribution in [3.05, 3.63) is 46.2 Å². The average Bonchev–Trinajstić information content (AvgIpc) is 3.30. The van der Waals surface area contributed by atoms with Crippen LogP contribution in [-0.2, 0) is 16.1 Å². The van der Waals surface area contributed by atoms with E-state index in [1.165, 1.54) is 12.8 Å². The van der Waals surface area contributed by atoms with Gasteiger partial charge in [0.05, 0.1) is 30.8 Å². The number of rotatable bonds is 4. The first kappa shape index (κ1) is 17.2. The standard InChI is InChI=1S/C20H25N3O3/c1-14-10-19(24)15-6-2-3-7-17(15)23(14)11-20(25)21-16-12-26-13-18(16)22-8-4-5-9-22/h2-3,6-7,10,16,18H,4-5,8-9,11-13H2,1H3,(H,21,25)/t16-,18-/m0/s1. The Bertz CT molecular complexity index is 870. The summed E-state index contributed by atoms with van der Waals surface area (Å²) in [5.41, 5.74) is 1.59. The van der Waals surface area contributed by atoms with E-state index in [4.69, 9.17) is 4.74 Å². The minimum Gasteiger partial charge on any atom is -0.378 e. The molecule has 4 rings (SSSR count). The lowest BCUT2D eigenvalue weighted by Crippen LogP contribution is -2.51. The summed E-state index contributed by atoms with van der Waals surface area (Å²) in [5.74, 6) is -0.0402. The lowest BCUT2D eigenvalue weighted by molar-refractivity contribution is -0.122. The molecule has 138 valence electrons. The van der Waals surface area contributed by atoms with E-state index in [0.717, 1.165) is 24.3 Å². The van der Waals surface area contributed by atoms with Crippen molar-refractivity contribution < 1.29 is 9.53 Å². The highest BCUT2D eigenvalue weighted by molar-refractivity contribution is 5.82. The summed E-state index contributed by atoms with van der Waals surface area (Å²) < 4.78 is 7.55. The fourth-order valence-electron chi connectivity index (χ4n) is 4.17. The van der Waals surface area contributed by atoms with Crippen LogP contribution in [0.2, 0.25) is 0 Å². The summed E-state index contributed by atoms with van der Waals surface area (Å²) in [6.07, 6.45) is 2.44. The van der Waals surface area contributed by atoms with E-state index in [1.54, 1.807) is 12.1 Å². The molecular weight excluding hydrogens is 330 g/mol. The molecule has 2 aromatic rings. The lowest BCUT2D eigenvalue weighted by Gasteiger charge is -2.28. The first-order valence-electron chi connectivity index (χ1n) is 9.34. The molecule has 0 bridgehead atoms. The number of amides is 1. The first-order chi connectivity index (χ1) is 12.6. The summed E-state index contributed by atoms with van der Waals surface area (Å²) in [6.45, 7) is 5.50. The minimum absolute atomic E-state index is 0.00644. The zero-order valence-corrected chi connectivity index (χ0v) is 15.1. The Hall–Kier alpha value is -2.18. The van der Waals surface area contributed by atoms with Crippen molar-refractivity contribution in [1.82, 2.24) is 14.8 Å². The lowest BCUT2D eigenvalue weighted by atomic mass is 10.1. The summed E-state index contributed by atoms with van der Waals surface area (Å²) in [5, 5.41) is 3.80. The molecule has 0 saturated carbocycles. The molecule has 6 heteroatoms. The Balaban J connectivity index is 1.52. The number of pyridine rings is 1. The molecule has 1 amide bonds. The van der Waals surface area contributed by atoms with Gasteiger partial charge < -0.3 is 14.6 Å². The summed E-state index contributed by atoms with van der Waals surface area (Å²) in [4.78, 5) is 27.3. The van der Waals surface area contributed by atoms with Crippen molar-refractivity contribution in [2.75, 3.05) is 26.3 Å². The predicted molar refractivity (Wildman–Crippen MR) is 100 cm³/mol. The van der Waals surface area contributed by atoms with Gasteiger partial charge in [-0.15, -0.1) is 0 Å². The molecule has 2 aliphatic rings. The molecule has 1 N–H and O–H groups in total. The fraction of sp³-hybridized carbons (Fsp3) is 0.500. The maximum absolute atomic E-state index is 12.7. The van der Waals surface area contributed by atoms with Crippen LogP contribution in [0.5, 0.6) is 0 Å². The van der Waals surface area contributed by atoms with E-state index in [9.17, 15) is 9.59 Å². The number of hydrogen-bond acceptors (Lipinski definition) is 4. The fourth-order valence-corrected chi connectivity index (χ4v) is 4.17. The van der Waals surface area contributed by atoms with Gasteiger partial charge in [-0.3, -0.25) is 14.5 Å². The van der Waals surface area contributed by atoms with Gasteiger partial charge in [-0.2, -0.15) is 0 Å². The Kier molecular flexibility index (Phi) is 4.78. The average molecular weight is 355 g/mol. The smallest absolute Gasteiger partial charge is 0.240 e. The molecule has 6 nitrogen and oxygen atoms in total. The highest BCUT2D eigenvalue weighted by atomic mass is 16.5. The van der Waals surface area contributed by atoms with Crippen molar-refractivity contribution in [3.63, 3.8) is 0 Å². The van der Waals surface area contributed by atoms with Crippen LogP contribution in [0.15, 0.2) is 35.1 Å². The van der Waals surface area contributed by atoms with Gasteiger partial charge in [-0.25, -0.2) is 0 Å². The third kappa shape index (κ3) is 3.27. The first-order valence-corrected chi connectivity index (χ1v) is 9.34. The second kappa shape index (κ2) is 7.21. The Morgan fingerprint density at radius 3 is 2.81 bits per heavy atom. The summed E-state index contributed by atoms with van der Waals surface area (Å²) in [7, 11) is 0. The van der Waals surface area contributed by atoms with Gasteiger partial charge in [0, 0.05) is 17.1 Å². The molecule has 3 heterocycles. The van der Waals surface area contributed by atoms with Crippen molar-refractivity contribution in [1.29, 1.82) is 0 Å². The van der Waals surface area contributed by atoms with Crippen LogP contribution in [0.1, 0.15) is 18.5 Å². The maximum atomic E-state index is 12.7. The van der Waals surface area contributed by atoms with Crippen molar-refractivity contribution in [3.8, 4) is 0 Å². The highest BCUT2D eigenvalue weighted by Gasteiger charge is 2.35. The van der Waals surface area contributed by atoms with Crippen LogP contribution < -0.4 is 10.7 Å². The summed E-state index contributed by atoms with van der Waals surface area (Å²) >= 11 is 0. The number of likely N-dealkylation sites (tertiary alicyclic amines) is 1. The Morgan fingerprint density at radius 2 is 2.00 bits per heavy atom.